The van der Waals surface area contributed by atoms with Gasteiger partial charge in [-0.2, -0.15) is 0 Å². The van der Waals surface area contributed by atoms with E-state index in [0.29, 0.717) is 25.7 Å². The number of aliphatic carboxylic acids is 5. The highest BCUT2D eigenvalue weighted by atomic mass is 127. The van der Waals surface area contributed by atoms with Gasteiger partial charge in [-0.3, -0.25) is 38.7 Å². The van der Waals surface area contributed by atoms with Crippen LogP contribution in [0.25, 0.3) is 0 Å². The molecule has 39 heavy (non-hydrogen) atoms. The van der Waals surface area contributed by atoms with E-state index in [1.54, 1.807) is 4.90 Å². The first-order chi connectivity index (χ1) is 18.3. The molecule has 2 rings (SSSR count). The molecule has 3 unspecified atom stereocenters. The predicted octanol–water partition coefficient (Wildman–Crippen LogP) is 0.843. The van der Waals surface area contributed by atoms with Crippen LogP contribution < -0.4 is 0 Å². The summed E-state index contributed by atoms with van der Waals surface area (Å²) in [6.45, 7) is -2.73. The first kappa shape index (κ1) is 32.4. The van der Waals surface area contributed by atoms with E-state index >= 15 is 0 Å². The van der Waals surface area contributed by atoms with E-state index < -0.39 is 80.7 Å². The van der Waals surface area contributed by atoms with E-state index in [4.69, 9.17) is 0 Å². The minimum atomic E-state index is -1.24. The van der Waals surface area contributed by atoms with Gasteiger partial charge < -0.3 is 25.5 Å². The van der Waals surface area contributed by atoms with E-state index in [1.165, 1.54) is 9.80 Å². The van der Waals surface area contributed by atoms with Crippen molar-refractivity contribution in [2.24, 2.45) is 0 Å². The Labute approximate surface area is 239 Å². The molecule has 0 amide bonds. The molecule has 1 fully saturated rings. The van der Waals surface area contributed by atoms with E-state index in [2.05, 4.69) is 22.6 Å². The zero-order valence-electron chi connectivity index (χ0n) is 21.3. The summed E-state index contributed by atoms with van der Waals surface area (Å²) in [7, 11) is 0. The molecule has 1 aromatic carbocycles. The second-order valence-electron chi connectivity index (χ2n) is 9.61. The standard InChI is InChI=1S/C25H34IN3O10/c26-17-7-5-16(6-8-17)9-18(27(11-21(30)31)12-22(32)33)10-28(13-23(34)35)19-3-1-2-4-20(19)29(14-24(36)37)15-25(38)39/h5-8,18-20H,1-4,9-15H2,(H,30,31)(H,32,33)(H,34,35)(H,36,37)(H,38,39). The van der Waals surface area contributed by atoms with Gasteiger partial charge in [-0.15, -0.1) is 0 Å². The highest BCUT2D eigenvalue weighted by Crippen LogP contribution is 2.28. The van der Waals surface area contributed by atoms with E-state index in [9.17, 15) is 49.5 Å². The number of halogens is 1. The lowest BCUT2D eigenvalue weighted by molar-refractivity contribution is -0.146. The molecule has 0 saturated heterocycles. The molecule has 0 aromatic heterocycles. The number of nitrogens with zero attached hydrogens (tertiary/aromatic N) is 3. The van der Waals surface area contributed by atoms with Gasteiger partial charge in [0.2, 0.25) is 0 Å². The van der Waals surface area contributed by atoms with Gasteiger partial charge in [-0.05, 0) is 59.5 Å². The second kappa shape index (κ2) is 15.7. The van der Waals surface area contributed by atoms with Crippen LogP contribution in [0.1, 0.15) is 31.2 Å². The van der Waals surface area contributed by atoms with Crippen LogP contribution in [0, 0.1) is 3.57 Å². The number of rotatable bonds is 17. The van der Waals surface area contributed by atoms with Crippen LogP contribution in [-0.4, -0.2) is 127 Å². The summed E-state index contributed by atoms with van der Waals surface area (Å²) in [5.41, 5.74) is 0.801. The Morgan fingerprint density at radius 2 is 1.10 bits per heavy atom. The quantitative estimate of drug-likeness (QED) is 0.147. The molecule has 1 saturated carbocycles. The normalized spacial score (nSPS) is 18.3. The summed E-state index contributed by atoms with van der Waals surface area (Å²) in [6.07, 6.45) is 2.58. The fraction of sp³-hybridized carbons (Fsp3) is 0.560. The molecular formula is C25H34IN3O10. The molecule has 1 aliphatic carbocycles. The van der Waals surface area contributed by atoms with Crippen LogP contribution in [-0.2, 0) is 30.4 Å². The Morgan fingerprint density at radius 1 is 0.692 bits per heavy atom. The lowest BCUT2D eigenvalue weighted by atomic mass is 9.87. The lowest BCUT2D eigenvalue weighted by Crippen LogP contribution is -2.59. The topological polar surface area (TPSA) is 196 Å². The van der Waals surface area contributed by atoms with Gasteiger partial charge >= 0.3 is 29.8 Å². The Balaban J connectivity index is 2.48. The fourth-order valence-corrected chi connectivity index (χ4v) is 5.57. The summed E-state index contributed by atoms with van der Waals surface area (Å²) in [4.78, 5) is 62.5. The number of benzene rings is 1. The van der Waals surface area contributed by atoms with Gasteiger partial charge in [0.25, 0.3) is 0 Å². The number of carbonyl (C=O) groups is 5. The van der Waals surface area contributed by atoms with Crippen molar-refractivity contribution in [2.75, 3.05) is 39.3 Å². The molecule has 0 spiro atoms. The van der Waals surface area contributed by atoms with Gasteiger partial charge in [0.15, 0.2) is 0 Å². The van der Waals surface area contributed by atoms with Gasteiger partial charge in [-0.1, -0.05) is 25.0 Å². The largest absolute Gasteiger partial charge is 0.480 e. The monoisotopic (exact) mass is 663 g/mol. The molecule has 1 aliphatic rings. The molecule has 0 radical (unpaired) electrons. The fourth-order valence-electron chi connectivity index (χ4n) is 5.21. The van der Waals surface area contributed by atoms with Crippen molar-refractivity contribution < 1.29 is 49.5 Å². The van der Waals surface area contributed by atoms with Gasteiger partial charge in [-0.25, -0.2) is 0 Å². The number of carboxylic acids is 5. The van der Waals surface area contributed by atoms with Crippen LogP contribution >= 0.6 is 22.6 Å². The van der Waals surface area contributed by atoms with Gasteiger partial charge in [0, 0.05) is 28.2 Å². The number of hydrogen-bond acceptors (Lipinski definition) is 8. The smallest absolute Gasteiger partial charge is 0.317 e. The van der Waals surface area contributed by atoms with Crippen molar-refractivity contribution in [1.82, 2.24) is 14.7 Å². The first-order valence-electron chi connectivity index (χ1n) is 12.4. The summed E-state index contributed by atoms with van der Waals surface area (Å²) in [6, 6.07) is 5.55. The van der Waals surface area contributed by atoms with E-state index in [-0.39, 0.29) is 13.0 Å². The molecule has 3 atom stereocenters. The minimum Gasteiger partial charge on any atom is -0.480 e. The molecule has 5 N–H and O–H groups in total. The van der Waals surface area contributed by atoms with E-state index in [1.807, 2.05) is 24.3 Å². The van der Waals surface area contributed by atoms with Crippen LogP contribution in [0.15, 0.2) is 24.3 Å². The van der Waals surface area contributed by atoms with Crippen LogP contribution in [0.5, 0.6) is 0 Å². The Morgan fingerprint density at radius 3 is 1.54 bits per heavy atom. The molecule has 13 nitrogen and oxygen atoms in total. The number of hydrogen-bond donors (Lipinski definition) is 5. The van der Waals surface area contributed by atoms with Crippen molar-refractivity contribution in [1.29, 1.82) is 0 Å². The first-order valence-corrected chi connectivity index (χ1v) is 13.5. The summed E-state index contributed by atoms with van der Waals surface area (Å²) >= 11 is 2.13. The Kier molecular flexibility index (Phi) is 13.0. The lowest BCUT2D eigenvalue weighted by Gasteiger charge is -2.45. The average Bonchev–Trinajstić information content (AvgIpc) is 2.82. The summed E-state index contributed by atoms with van der Waals surface area (Å²) in [5.74, 6) is -6.07. The zero-order valence-corrected chi connectivity index (χ0v) is 23.5. The number of carboxylic acid groups (broad SMARTS) is 5. The molecule has 0 aliphatic heterocycles. The van der Waals surface area contributed by atoms with Crippen molar-refractivity contribution >= 4 is 52.4 Å². The highest BCUT2D eigenvalue weighted by Gasteiger charge is 2.38. The van der Waals surface area contributed by atoms with E-state index in [0.717, 1.165) is 9.13 Å². The van der Waals surface area contributed by atoms with Crippen molar-refractivity contribution in [3.63, 3.8) is 0 Å². The predicted molar refractivity (Wildman–Crippen MR) is 146 cm³/mol. The third-order valence-electron chi connectivity index (χ3n) is 6.67. The SMILES string of the molecule is O=C(O)CN(CC(=O)O)C(Cc1ccc(I)cc1)CN(CC(=O)O)C1CCCCC1N(CC(=O)O)CC(=O)O. The highest BCUT2D eigenvalue weighted by molar-refractivity contribution is 14.1. The summed E-state index contributed by atoms with van der Waals surface area (Å²) < 4.78 is 0.968. The van der Waals surface area contributed by atoms with Crippen LogP contribution in [0.4, 0.5) is 0 Å². The third-order valence-corrected chi connectivity index (χ3v) is 7.39. The minimum absolute atomic E-state index is 0.0198. The van der Waals surface area contributed by atoms with Gasteiger partial charge in [0.05, 0.1) is 32.7 Å². The Bertz CT molecular complexity index is 990. The van der Waals surface area contributed by atoms with Crippen molar-refractivity contribution in [2.45, 2.75) is 50.2 Å². The second-order valence-corrected chi connectivity index (χ2v) is 10.9. The zero-order chi connectivity index (χ0) is 29.1. The Hall–Kier alpha value is -2.82. The molecule has 1 aromatic rings. The maximum atomic E-state index is 11.9. The molecule has 0 bridgehead atoms. The average molecular weight is 663 g/mol. The third kappa shape index (κ3) is 11.4. The van der Waals surface area contributed by atoms with Crippen molar-refractivity contribution in [3.05, 3.63) is 33.4 Å². The van der Waals surface area contributed by atoms with Crippen molar-refractivity contribution in [3.8, 4) is 0 Å². The maximum absolute atomic E-state index is 11.9. The van der Waals surface area contributed by atoms with Gasteiger partial charge in [0.1, 0.15) is 0 Å². The molecule has 216 valence electrons. The molecular weight excluding hydrogens is 629 g/mol. The summed E-state index contributed by atoms with van der Waals surface area (Å²) in [5, 5.41) is 47.6. The molecule has 14 heteroatoms. The maximum Gasteiger partial charge on any atom is 0.317 e. The van der Waals surface area contributed by atoms with Crippen LogP contribution in [0.2, 0.25) is 0 Å². The van der Waals surface area contributed by atoms with Crippen LogP contribution in [0.3, 0.4) is 0 Å². The molecule has 0 heterocycles.